The second-order valence-electron chi connectivity index (χ2n) is 3.84. The Hall–Kier alpha value is -1.42. The van der Waals surface area contributed by atoms with E-state index in [9.17, 15) is 0 Å². The average Bonchev–Trinajstić information content (AvgIpc) is 2.93. The van der Waals surface area contributed by atoms with Gasteiger partial charge in [0, 0.05) is 0 Å². The largest absolute Gasteiger partial charge is 0.394 e. The number of hydrogen-bond acceptors (Lipinski definition) is 3. The normalized spacial score (nSPS) is 11.2. The van der Waals surface area contributed by atoms with Gasteiger partial charge in [0.25, 0.3) is 0 Å². The van der Waals surface area contributed by atoms with Crippen molar-refractivity contribution >= 4 is 17.4 Å². The van der Waals surface area contributed by atoms with Gasteiger partial charge in [-0.15, -0.1) is 0 Å². The van der Waals surface area contributed by atoms with Crippen LogP contribution in [0.25, 0.3) is 17.2 Å². The summed E-state index contributed by atoms with van der Waals surface area (Å²) in [7, 11) is 0. The highest BCUT2D eigenvalue weighted by molar-refractivity contribution is 7.08. The Bertz CT molecular complexity index is 489. The van der Waals surface area contributed by atoms with Crippen LogP contribution in [-0.4, -0.2) is 24.9 Å². The molecule has 0 atom stereocenters. The Labute approximate surface area is 111 Å². The van der Waals surface area contributed by atoms with Crippen molar-refractivity contribution in [2.45, 2.75) is 0 Å². The van der Waals surface area contributed by atoms with Gasteiger partial charge in [0.15, 0.2) is 0 Å². The molecule has 0 saturated carbocycles. The number of rotatable bonds is 6. The van der Waals surface area contributed by atoms with Crippen LogP contribution in [0.4, 0.5) is 0 Å². The van der Waals surface area contributed by atoms with Crippen LogP contribution < -0.4 is 0 Å². The van der Waals surface area contributed by atoms with E-state index < -0.39 is 0 Å². The lowest BCUT2D eigenvalue weighted by Gasteiger charge is -2.00. The molecule has 0 aliphatic rings. The average molecular weight is 260 g/mol. The molecular weight excluding hydrogens is 244 g/mol. The van der Waals surface area contributed by atoms with Crippen LogP contribution in [0.15, 0.2) is 47.2 Å². The van der Waals surface area contributed by atoms with Gasteiger partial charge < -0.3 is 9.84 Å². The summed E-state index contributed by atoms with van der Waals surface area (Å²) in [5, 5.41) is 12.8. The lowest BCUT2D eigenvalue weighted by Crippen LogP contribution is -1.97. The van der Waals surface area contributed by atoms with Crippen molar-refractivity contribution in [1.29, 1.82) is 0 Å². The summed E-state index contributed by atoms with van der Waals surface area (Å²) in [4.78, 5) is 0. The topological polar surface area (TPSA) is 29.5 Å². The molecule has 0 spiro atoms. The number of benzene rings is 1. The molecule has 0 bridgehead atoms. The lowest BCUT2D eigenvalue weighted by molar-refractivity contribution is 0.112. The maximum Gasteiger partial charge on any atom is 0.0701 e. The van der Waals surface area contributed by atoms with Gasteiger partial charge >= 0.3 is 0 Å². The van der Waals surface area contributed by atoms with Crippen LogP contribution in [0.3, 0.4) is 0 Å². The van der Waals surface area contributed by atoms with Crippen LogP contribution in [0.5, 0.6) is 0 Å². The molecule has 94 valence electrons. The number of ether oxygens (including phenoxy) is 1. The van der Waals surface area contributed by atoms with Crippen LogP contribution in [0.2, 0.25) is 0 Å². The second kappa shape index (κ2) is 7.11. The van der Waals surface area contributed by atoms with Crippen molar-refractivity contribution in [3.63, 3.8) is 0 Å². The predicted octanol–water partition coefficient (Wildman–Crippen LogP) is 3.44. The maximum atomic E-state index is 8.58. The van der Waals surface area contributed by atoms with E-state index in [1.54, 1.807) is 11.3 Å². The Morgan fingerprint density at radius 3 is 2.94 bits per heavy atom. The molecular formula is C15H16O2S. The van der Waals surface area contributed by atoms with Crippen LogP contribution >= 0.6 is 11.3 Å². The van der Waals surface area contributed by atoms with Gasteiger partial charge in [-0.05, 0) is 39.6 Å². The fraction of sp³-hybridized carbons (Fsp3) is 0.200. The van der Waals surface area contributed by atoms with Crippen LogP contribution in [-0.2, 0) is 4.74 Å². The number of aliphatic hydroxyl groups is 1. The molecule has 2 nitrogen and oxygen atoms in total. The fourth-order valence-electron chi connectivity index (χ4n) is 1.65. The van der Waals surface area contributed by atoms with Gasteiger partial charge in [-0.3, -0.25) is 0 Å². The van der Waals surface area contributed by atoms with E-state index >= 15 is 0 Å². The van der Waals surface area contributed by atoms with E-state index in [4.69, 9.17) is 9.84 Å². The van der Waals surface area contributed by atoms with E-state index in [0.717, 1.165) is 5.56 Å². The molecule has 2 aromatic rings. The molecule has 0 aliphatic heterocycles. The van der Waals surface area contributed by atoms with Crippen molar-refractivity contribution in [1.82, 2.24) is 0 Å². The van der Waals surface area contributed by atoms with Crippen molar-refractivity contribution in [3.05, 3.63) is 52.7 Å². The van der Waals surface area contributed by atoms with Gasteiger partial charge in [-0.1, -0.05) is 30.4 Å². The van der Waals surface area contributed by atoms with E-state index in [1.807, 2.05) is 12.2 Å². The quantitative estimate of drug-likeness (QED) is 0.806. The fourth-order valence-corrected chi connectivity index (χ4v) is 2.32. The number of aliphatic hydroxyl groups excluding tert-OH is 1. The molecule has 3 heteroatoms. The first-order chi connectivity index (χ1) is 8.90. The molecule has 1 N–H and O–H groups in total. The standard InChI is InChI=1S/C15H16O2S/c16-7-9-17-8-2-4-13-3-1-5-14(11-13)15-6-10-18-12-15/h1-6,10-12,16H,7-9H2. The zero-order chi connectivity index (χ0) is 12.6. The molecule has 0 radical (unpaired) electrons. The summed E-state index contributed by atoms with van der Waals surface area (Å²) in [6.07, 6.45) is 4.00. The Morgan fingerprint density at radius 2 is 2.17 bits per heavy atom. The zero-order valence-corrected chi connectivity index (χ0v) is 10.9. The molecule has 0 saturated heterocycles. The third-order valence-electron chi connectivity index (χ3n) is 2.50. The van der Waals surface area contributed by atoms with Crippen LogP contribution in [0, 0.1) is 0 Å². The minimum Gasteiger partial charge on any atom is -0.394 e. The third kappa shape index (κ3) is 3.81. The summed E-state index contributed by atoms with van der Waals surface area (Å²) in [6, 6.07) is 10.5. The van der Waals surface area contributed by atoms with Crippen molar-refractivity contribution in [2.75, 3.05) is 19.8 Å². The highest BCUT2D eigenvalue weighted by Crippen LogP contribution is 2.23. The predicted molar refractivity (Wildman–Crippen MR) is 76.7 cm³/mol. The van der Waals surface area contributed by atoms with Crippen molar-refractivity contribution in [2.24, 2.45) is 0 Å². The first-order valence-electron chi connectivity index (χ1n) is 5.88. The molecule has 1 aromatic heterocycles. The van der Waals surface area contributed by atoms with E-state index in [2.05, 4.69) is 41.1 Å². The Morgan fingerprint density at radius 1 is 1.22 bits per heavy atom. The second-order valence-corrected chi connectivity index (χ2v) is 4.62. The van der Waals surface area contributed by atoms with Gasteiger partial charge in [-0.2, -0.15) is 11.3 Å². The highest BCUT2D eigenvalue weighted by atomic mass is 32.1. The van der Waals surface area contributed by atoms with Gasteiger partial charge in [-0.25, -0.2) is 0 Å². The van der Waals surface area contributed by atoms with E-state index in [-0.39, 0.29) is 6.61 Å². The maximum absolute atomic E-state index is 8.58. The molecule has 0 fully saturated rings. The summed E-state index contributed by atoms with van der Waals surface area (Å²) in [6.45, 7) is 0.990. The summed E-state index contributed by atoms with van der Waals surface area (Å²) >= 11 is 1.71. The summed E-state index contributed by atoms with van der Waals surface area (Å²) < 4.78 is 5.17. The number of hydrogen-bond donors (Lipinski definition) is 1. The molecule has 1 aromatic carbocycles. The lowest BCUT2D eigenvalue weighted by atomic mass is 10.1. The van der Waals surface area contributed by atoms with Crippen LogP contribution in [0.1, 0.15) is 5.56 Å². The van der Waals surface area contributed by atoms with E-state index in [1.165, 1.54) is 11.1 Å². The first kappa shape index (κ1) is 13.0. The molecule has 2 rings (SSSR count). The Balaban J connectivity index is 1.99. The number of thiophene rings is 1. The minimum atomic E-state index is 0.0709. The van der Waals surface area contributed by atoms with Crippen molar-refractivity contribution < 1.29 is 9.84 Å². The summed E-state index contributed by atoms with van der Waals surface area (Å²) in [5.74, 6) is 0. The molecule has 0 amide bonds. The van der Waals surface area contributed by atoms with Gasteiger partial charge in [0.1, 0.15) is 0 Å². The summed E-state index contributed by atoms with van der Waals surface area (Å²) in [5.41, 5.74) is 3.65. The molecule has 0 unspecified atom stereocenters. The monoisotopic (exact) mass is 260 g/mol. The smallest absolute Gasteiger partial charge is 0.0701 e. The minimum absolute atomic E-state index is 0.0709. The van der Waals surface area contributed by atoms with E-state index in [0.29, 0.717) is 13.2 Å². The zero-order valence-electron chi connectivity index (χ0n) is 10.1. The highest BCUT2D eigenvalue weighted by Gasteiger charge is 1.97. The Kier molecular flexibility index (Phi) is 5.15. The third-order valence-corrected chi connectivity index (χ3v) is 3.18. The van der Waals surface area contributed by atoms with Gasteiger partial charge in [0.2, 0.25) is 0 Å². The SMILES string of the molecule is OCCOCC=Cc1cccc(-c2ccsc2)c1. The molecule has 1 heterocycles. The van der Waals surface area contributed by atoms with Gasteiger partial charge in [0.05, 0.1) is 19.8 Å². The first-order valence-corrected chi connectivity index (χ1v) is 6.82. The van der Waals surface area contributed by atoms with Crippen molar-refractivity contribution in [3.8, 4) is 11.1 Å². The molecule has 0 aliphatic carbocycles. The molecule has 18 heavy (non-hydrogen) atoms.